The highest BCUT2D eigenvalue weighted by molar-refractivity contribution is 5.96. The van der Waals surface area contributed by atoms with E-state index in [2.05, 4.69) is 10.6 Å². The molecule has 0 saturated carbocycles. The fraction of sp³-hybridized carbons (Fsp3) is 0.611. The average Bonchev–Trinajstić information content (AvgIpc) is 2.70. The highest BCUT2D eigenvalue weighted by Crippen LogP contribution is 2.03. The largest absolute Gasteiger partial charge is 0.481 e. The minimum Gasteiger partial charge on any atom is -0.481 e. The fourth-order valence-electron chi connectivity index (χ4n) is 2.56. The first-order valence-electron chi connectivity index (χ1n) is 10.0. The van der Waals surface area contributed by atoms with E-state index in [1.807, 2.05) is 5.32 Å². The summed E-state index contributed by atoms with van der Waals surface area (Å²) >= 11 is 0. The first-order chi connectivity index (χ1) is 15.6. The Morgan fingerprint density at radius 2 is 1.32 bits per heavy atom. The molecule has 34 heavy (non-hydrogen) atoms. The van der Waals surface area contributed by atoms with Crippen molar-refractivity contribution in [1.29, 1.82) is 0 Å². The molecule has 192 valence electrons. The zero-order valence-corrected chi connectivity index (χ0v) is 18.4. The van der Waals surface area contributed by atoms with Crippen molar-refractivity contribution in [3.63, 3.8) is 0 Å². The van der Waals surface area contributed by atoms with Gasteiger partial charge in [-0.2, -0.15) is 0 Å². The normalized spacial score (nSPS) is 15.0. The number of carbonyl (C=O) groups excluding carboxylic acids is 5. The second-order valence-electron chi connectivity index (χ2n) is 7.40. The van der Waals surface area contributed by atoms with Gasteiger partial charge in [0.1, 0.15) is 18.1 Å². The summed E-state index contributed by atoms with van der Waals surface area (Å²) in [6, 6.07) is -6.26. The predicted octanol–water partition coefficient (Wildman–Crippen LogP) is -4.76. The molecule has 0 heterocycles. The molecule has 0 aliphatic carbocycles. The Bertz CT molecular complexity index is 802. The lowest BCUT2D eigenvalue weighted by Gasteiger charge is -2.26. The lowest BCUT2D eigenvalue weighted by molar-refractivity contribution is -0.143. The third-order valence-corrected chi connectivity index (χ3v) is 4.40. The lowest BCUT2D eigenvalue weighted by Crippen LogP contribution is -2.60. The number of carbonyl (C=O) groups is 7. The number of rotatable bonds is 16. The number of carboxylic acid groups (broad SMARTS) is 2. The quantitative estimate of drug-likeness (QED) is 0.0988. The molecule has 0 aliphatic heterocycles. The van der Waals surface area contributed by atoms with E-state index in [0.717, 1.165) is 6.92 Å². The molecular formula is C18H30N6O10. The van der Waals surface area contributed by atoms with Gasteiger partial charge < -0.3 is 48.5 Å². The van der Waals surface area contributed by atoms with Crippen molar-refractivity contribution in [3.8, 4) is 0 Å². The summed E-state index contributed by atoms with van der Waals surface area (Å²) in [6.07, 6.45) is -3.71. The van der Waals surface area contributed by atoms with E-state index in [1.165, 1.54) is 0 Å². The maximum absolute atomic E-state index is 12.6. The van der Waals surface area contributed by atoms with Gasteiger partial charge in [-0.3, -0.25) is 28.8 Å². The van der Waals surface area contributed by atoms with Crippen LogP contribution in [-0.4, -0.2) is 87.1 Å². The van der Waals surface area contributed by atoms with Gasteiger partial charge in [-0.05, 0) is 19.8 Å². The van der Waals surface area contributed by atoms with Gasteiger partial charge in [0, 0.05) is 12.8 Å². The Morgan fingerprint density at radius 1 is 0.765 bits per heavy atom. The zero-order chi connectivity index (χ0) is 26.6. The molecular weight excluding hydrogens is 460 g/mol. The molecule has 0 aliphatic rings. The molecule has 0 fully saturated rings. The summed E-state index contributed by atoms with van der Waals surface area (Å²) in [5.41, 5.74) is 15.7. The summed E-state index contributed by atoms with van der Waals surface area (Å²) in [7, 11) is 0. The van der Waals surface area contributed by atoms with E-state index in [9.17, 15) is 38.7 Å². The number of carboxylic acids is 2. The third kappa shape index (κ3) is 11.7. The van der Waals surface area contributed by atoms with Crippen LogP contribution in [0.1, 0.15) is 39.0 Å². The van der Waals surface area contributed by atoms with Crippen LogP contribution in [0.15, 0.2) is 0 Å². The molecule has 5 atom stereocenters. The standard InChI is InChI=1S/C18H30N6O10/c1-7(25)14(24-15(30)8(19)2-4-11(20)26)17(32)23-10(6-12(21)27)16(31)22-9(18(33)34)3-5-13(28)29/h7-10,14,25H,2-6,19H2,1H3,(H2,20,26)(H2,21,27)(H,22,31)(H,23,32)(H,24,30)(H,28,29)(H,33,34). The maximum Gasteiger partial charge on any atom is 0.326 e. The Labute approximate surface area is 193 Å². The molecule has 12 N–H and O–H groups in total. The smallest absolute Gasteiger partial charge is 0.326 e. The molecule has 0 aromatic rings. The number of aliphatic carboxylic acids is 2. The van der Waals surface area contributed by atoms with Crippen molar-refractivity contribution in [2.45, 2.75) is 69.3 Å². The monoisotopic (exact) mass is 490 g/mol. The van der Waals surface area contributed by atoms with E-state index >= 15 is 0 Å². The van der Waals surface area contributed by atoms with Gasteiger partial charge in [-0.25, -0.2) is 4.79 Å². The molecule has 0 rings (SSSR count). The van der Waals surface area contributed by atoms with Crippen LogP contribution in [-0.2, 0) is 33.6 Å². The van der Waals surface area contributed by atoms with Crippen LogP contribution in [0.5, 0.6) is 0 Å². The fourth-order valence-corrected chi connectivity index (χ4v) is 2.56. The minimum absolute atomic E-state index is 0.144. The van der Waals surface area contributed by atoms with Crippen LogP contribution in [0.4, 0.5) is 0 Å². The number of hydrogen-bond acceptors (Lipinski definition) is 9. The van der Waals surface area contributed by atoms with Crippen molar-refractivity contribution >= 4 is 41.5 Å². The molecule has 0 spiro atoms. The Morgan fingerprint density at radius 3 is 1.76 bits per heavy atom. The topological polar surface area (TPSA) is 294 Å². The minimum atomic E-state index is -1.71. The summed E-state index contributed by atoms with van der Waals surface area (Å²) in [5, 5.41) is 34.0. The second-order valence-corrected chi connectivity index (χ2v) is 7.40. The molecule has 5 unspecified atom stereocenters. The predicted molar refractivity (Wildman–Crippen MR) is 112 cm³/mol. The number of amides is 5. The highest BCUT2D eigenvalue weighted by Gasteiger charge is 2.33. The van der Waals surface area contributed by atoms with E-state index in [1.54, 1.807) is 0 Å². The van der Waals surface area contributed by atoms with Gasteiger partial charge in [-0.15, -0.1) is 0 Å². The third-order valence-electron chi connectivity index (χ3n) is 4.40. The van der Waals surface area contributed by atoms with Crippen LogP contribution in [0.25, 0.3) is 0 Å². The van der Waals surface area contributed by atoms with Crippen LogP contribution in [0.3, 0.4) is 0 Å². The van der Waals surface area contributed by atoms with E-state index in [-0.39, 0.29) is 12.8 Å². The second kappa shape index (κ2) is 14.4. The maximum atomic E-state index is 12.6. The van der Waals surface area contributed by atoms with E-state index in [4.69, 9.17) is 27.4 Å². The van der Waals surface area contributed by atoms with Crippen molar-refractivity contribution in [1.82, 2.24) is 16.0 Å². The summed E-state index contributed by atoms with van der Waals surface area (Å²) in [5.74, 6) is -7.86. The Kier molecular flexibility index (Phi) is 12.8. The number of aliphatic hydroxyl groups excluding tert-OH is 1. The van der Waals surface area contributed by atoms with Gasteiger partial charge in [0.15, 0.2) is 0 Å². The average molecular weight is 490 g/mol. The number of nitrogens with one attached hydrogen (secondary N) is 3. The summed E-state index contributed by atoms with van der Waals surface area (Å²) in [6.45, 7) is 1.13. The number of primary amides is 2. The van der Waals surface area contributed by atoms with Gasteiger partial charge in [0.05, 0.1) is 18.6 Å². The Hall–Kier alpha value is -3.79. The molecule has 16 heteroatoms. The molecule has 0 bridgehead atoms. The van der Waals surface area contributed by atoms with Crippen LogP contribution in [0, 0.1) is 0 Å². The van der Waals surface area contributed by atoms with Crippen LogP contribution >= 0.6 is 0 Å². The van der Waals surface area contributed by atoms with Crippen LogP contribution < -0.4 is 33.2 Å². The van der Waals surface area contributed by atoms with Crippen molar-refractivity contribution in [2.75, 3.05) is 0 Å². The first kappa shape index (κ1) is 30.2. The number of aliphatic hydroxyl groups is 1. The first-order valence-corrected chi connectivity index (χ1v) is 10.0. The van der Waals surface area contributed by atoms with Gasteiger partial charge in [0.2, 0.25) is 29.5 Å². The lowest BCUT2D eigenvalue weighted by atomic mass is 10.1. The SMILES string of the molecule is CC(O)C(NC(=O)C(N)CCC(N)=O)C(=O)NC(CC(N)=O)C(=O)NC(CCC(=O)O)C(=O)O. The molecule has 0 radical (unpaired) electrons. The molecule has 0 saturated heterocycles. The number of nitrogens with two attached hydrogens (primary N) is 3. The summed E-state index contributed by atoms with van der Waals surface area (Å²) < 4.78 is 0. The number of hydrogen-bond donors (Lipinski definition) is 9. The molecule has 0 aromatic carbocycles. The van der Waals surface area contributed by atoms with Gasteiger partial charge >= 0.3 is 11.9 Å². The van der Waals surface area contributed by atoms with Crippen LogP contribution in [0.2, 0.25) is 0 Å². The highest BCUT2D eigenvalue weighted by atomic mass is 16.4. The molecule has 16 nitrogen and oxygen atoms in total. The molecule has 0 aromatic heterocycles. The summed E-state index contributed by atoms with van der Waals surface area (Å²) in [4.78, 5) is 81.4. The van der Waals surface area contributed by atoms with Crippen molar-refractivity contribution in [3.05, 3.63) is 0 Å². The van der Waals surface area contributed by atoms with Gasteiger partial charge in [0.25, 0.3) is 0 Å². The Balaban J connectivity index is 5.43. The van der Waals surface area contributed by atoms with Gasteiger partial charge in [-0.1, -0.05) is 0 Å². The van der Waals surface area contributed by atoms with E-state index in [0.29, 0.717) is 0 Å². The van der Waals surface area contributed by atoms with Crippen molar-refractivity contribution < 1.29 is 48.9 Å². The van der Waals surface area contributed by atoms with Crippen molar-refractivity contribution in [2.24, 2.45) is 17.2 Å². The zero-order valence-electron chi connectivity index (χ0n) is 18.4. The molecule has 5 amide bonds. The van der Waals surface area contributed by atoms with E-state index < -0.39 is 91.0 Å².